The Morgan fingerprint density at radius 1 is 1.17 bits per heavy atom. The highest BCUT2D eigenvalue weighted by Crippen LogP contribution is 2.18. The quantitative estimate of drug-likeness (QED) is 0.824. The number of hydrogen-bond acceptors (Lipinski definition) is 3. The van der Waals surface area contributed by atoms with Gasteiger partial charge in [0.15, 0.2) is 0 Å². The SMILES string of the molecule is O=C(c1ccc(Br)cc1F)N1CCN(Cc2ccccn2)CC1. The van der Waals surface area contributed by atoms with Crippen molar-refractivity contribution in [3.8, 4) is 0 Å². The highest BCUT2D eigenvalue weighted by atomic mass is 79.9. The summed E-state index contributed by atoms with van der Waals surface area (Å²) < 4.78 is 14.6. The van der Waals surface area contributed by atoms with Crippen LogP contribution in [-0.4, -0.2) is 46.9 Å². The molecule has 0 radical (unpaired) electrons. The molecule has 0 atom stereocenters. The Hall–Kier alpha value is -1.79. The molecule has 4 nitrogen and oxygen atoms in total. The first-order chi connectivity index (χ1) is 11.1. The average Bonchev–Trinajstić information content (AvgIpc) is 2.56. The summed E-state index contributed by atoms with van der Waals surface area (Å²) in [5.74, 6) is -0.729. The molecule has 1 aromatic heterocycles. The number of pyridine rings is 1. The van der Waals surface area contributed by atoms with Crippen LogP contribution in [0.25, 0.3) is 0 Å². The van der Waals surface area contributed by atoms with Gasteiger partial charge in [0.1, 0.15) is 5.82 Å². The van der Waals surface area contributed by atoms with Crippen molar-refractivity contribution in [2.75, 3.05) is 26.2 Å². The molecule has 0 aliphatic carbocycles. The predicted octanol–water partition coefficient (Wildman–Crippen LogP) is 2.94. The molecule has 0 spiro atoms. The topological polar surface area (TPSA) is 36.4 Å². The first-order valence-corrected chi connectivity index (χ1v) is 8.29. The number of carbonyl (C=O) groups is 1. The Morgan fingerprint density at radius 2 is 1.96 bits per heavy atom. The van der Waals surface area contributed by atoms with E-state index in [1.54, 1.807) is 17.2 Å². The number of halogens is 2. The van der Waals surface area contributed by atoms with E-state index >= 15 is 0 Å². The van der Waals surface area contributed by atoms with Gasteiger partial charge in [0.2, 0.25) is 0 Å². The minimum atomic E-state index is -0.486. The Bertz CT molecular complexity index is 687. The molecule has 0 N–H and O–H groups in total. The van der Waals surface area contributed by atoms with Crippen molar-refractivity contribution < 1.29 is 9.18 Å². The van der Waals surface area contributed by atoms with Crippen molar-refractivity contribution in [3.63, 3.8) is 0 Å². The summed E-state index contributed by atoms with van der Waals surface area (Å²) >= 11 is 3.20. The van der Waals surface area contributed by atoms with E-state index in [0.29, 0.717) is 17.6 Å². The Kier molecular flexibility index (Phi) is 5.03. The number of nitrogens with zero attached hydrogens (tertiary/aromatic N) is 3. The van der Waals surface area contributed by atoms with E-state index in [2.05, 4.69) is 25.8 Å². The molecule has 1 saturated heterocycles. The van der Waals surface area contributed by atoms with Gasteiger partial charge >= 0.3 is 0 Å². The van der Waals surface area contributed by atoms with E-state index in [4.69, 9.17) is 0 Å². The number of amides is 1. The minimum absolute atomic E-state index is 0.131. The second-order valence-corrected chi connectivity index (χ2v) is 6.43. The fourth-order valence-corrected chi connectivity index (χ4v) is 3.00. The van der Waals surface area contributed by atoms with Crippen molar-refractivity contribution in [3.05, 3.63) is 64.1 Å². The van der Waals surface area contributed by atoms with Crippen LogP contribution in [0.1, 0.15) is 16.1 Å². The molecule has 0 bridgehead atoms. The van der Waals surface area contributed by atoms with Crippen molar-refractivity contribution in [2.24, 2.45) is 0 Å². The maximum absolute atomic E-state index is 13.9. The fourth-order valence-electron chi connectivity index (χ4n) is 2.66. The van der Waals surface area contributed by atoms with Crippen LogP contribution in [0.5, 0.6) is 0 Å². The predicted molar refractivity (Wildman–Crippen MR) is 89.5 cm³/mol. The van der Waals surface area contributed by atoms with E-state index in [1.807, 2.05) is 18.2 Å². The van der Waals surface area contributed by atoms with Crippen molar-refractivity contribution in [2.45, 2.75) is 6.54 Å². The number of benzene rings is 1. The highest BCUT2D eigenvalue weighted by molar-refractivity contribution is 9.10. The van der Waals surface area contributed by atoms with Crippen LogP contribution in [0.2, 0.25) is 0 Å². The number of piperazine rings is 1. The third-order valence-corrected chi connectivity index (χ3v) is 4.43. The number of hydrogen-bond donors (Lipinski definition) is 0. The van der Waals surface area contributed by atoms with E-state index in [0.717, 1.165) is 25.3 Å². The molecule has 1 fully saturated rings. The lowest BCUT2D eigenvalue weighted by atomic mass is 10.1. The zero-order valence-corrected chi connectivity index (χ0v) is 14.2. The van der Waals surface area contributed by atoms with Gasteiger partial charge in [-0.25, -0.2) is 4.39 Å². The van der Waals surface area contributed by atoms with Crippen LogP contribution in [-0.2, 0) is 6.54 Å². The van der Waals surface area contributed by atoms with Gasteiger partial charge in [-0.15, -0.1) is 0 Å². The fraction of sp³-hybridized carbons (Fsp3) is 0.294. The number of carbonyl (C=O) groups excluding carboxylic acids is 1. The van der Waals surface area contributed by atoms with Gasteiger partial charge in [0, 0.05) is 43.4 Å². The second-order valence-electron chi connectivity index (χ2n) is 5.51. The summed E-state index contributed by atoms with van der Waals surface area (Å²) in [6, 6.07) is 10.4. The first-order valence-electron chi connectivity index (χ1n) is 7.50. The molecule has 1 aromatic carbocycles. The third-order valence-electron chi connectivity index (χ3n) is 3.93. The Labute approximate surface area is 143 Å². The number of rotatable bonds is 3. The summed E-state index contributed by atoms with van der Waals surface area (Å²) in [5.41, 5.74) is 1.15. The van der Waals surface area contributed by atoms with Gasteiger partial charge in [-0.3, -0.25) is 14.7 Å². The smallest absolute Gasteiger partial charge is 0.256 e. The minimum Gasteiger partial charge on any atom is -0.336 e. The molecule has 0 saturated carbocycles. The molecule has 1 aliphatic heterocycles. The van der Waals surface area contributed by atoms with Gasteiger partial charge in [0.25, 0.3) is 5.91 Å². The van der Waals surface area contributed by atoms with Gasteiger partial charge < -0.3 is 4.90 Å². The standard InChI is InChI=1S/C17H17BrFN3O/c18-13-4-5-15(16(19)11-13)17(23)22-9-7-21(8-10-22)12-14-3-1-2-6-20-14/h1-6,11H,7-10,12H2. The van der Waals surface area contributed by atoms with Crippen LogP contribution >= 0.6 is 15.9 Å². The maximum atomic E-state index is 13.9. The molecule has 1 amide bonds. The molecule has 120 valence electrons. The molecule has 23 heavy (non-hydrogen) atoms. The van der Waals surface area contributed by atoms with Gasteiger partial charge in [-0.05, 0) is 30.3 Å². The first kappa shape index (κ1) is 16.1. The van der Waals surface area contributed by atoms with Crippen LogP contribution in [0.4, 0.5) is 4.39 Å². The maximum Gasteiger partial charge on any atom is 0.256 e. The van der Waals surface area contributed by atoms with Crippen molar-refractivity contribution in [1.29, 1.82) is 0 Å². The molecule has 6 heteroatoms. The number of aromatic nitrogens is 1. The summed E-state index contributed by atoms with van der Waals surface area (Å²) in [4.78, 5) is 20.7. The lowest BCUT2D eigenvalue weighted by Gasteiger charge is -2.34. The van der Waals surface area contributed by atoms with Gasteiger partial charge in [-0.1, -0.05) is 22.0 Å². The van der Waals surface area contributed by atoms with E-state index in [1.165, 1.54) is 12.1 Å². The summed E-state index contributed by atoms with van der Waals surface area (Å²) in [7, 11) is 0. The zero-order chi connectivity index (χ0) is 16.2. The summed E-state index contributed by atoms with van der Waals surface area (Å²) in [6.07, 6.45) is 1.78. The van der Waals surface area contributed by atoms with Crippen molar-refractivity contribution in [1.82, 2.24) is 14.8 Å². The summed E-state index contributed by atoms with van der Waals surface area (Å²) in [6.45, 7) is 3.50. The van der Waals surface area contributed by atoms with E-state index in [-0.39, 0.29) is 11.5 Å². The molecule has 3 rings (SSSR count). The molecule has 1 aliphatic rings. The van der Waals surface area contributed by atoms with Crippen LogP contribution in [0.15, 0.2) is 47.1 Å². The molecule has 2 heterocycles. The van der Waals surface area contributed by atoms with Gasteiger partial charge in [0.05, 0.1) is 11.3 Å². The van der Waals surface area contributed by atoms with E-state index in [9.17, 15) is 9.18 Å². The molecule has 2 aromatic rings. The summed E-state index contributed by atoms with van der Waals surface area (Å²) in [5, 5.41) is 0. The largest absolute Gasteiger partial charge is 0.336 e. The molecular formula is C17H17BrFN3O. The van der Waals surface area contributed by atoms with Gasteiger partial charge in [-0.2, -0.15) is 0 Å². The molecular weight excluding hydrogens is 361 g/mol. The lowest BCUT2D eigenvalue weighted by Crippen LogP contribution is -2.48. The zero-order valence-electron chi connectivity index (χ0n) is 12.6. The lowest BCUT2D eigenvalue weighted by molar-refractivity contribution is 0.0622. The van der Waals surface area contributed by atoms with Crippen molar-refractivity contribution >= 4 is 21.8 Å². The van der Waals surface area contributed by atoms with Crippen LogP contribution in [0.3, 0.4) is 0 Å². The van der Waals surface area contributed by atoms with E-state index < -0.39 is 5.82 Å². The monoisotopic (exact) mass is 377 g/mol. The Balaban J connectivity index is 1.59. The highest BCUT2D eigenvalue weighted by Gasteiger charge is 2.24. The molecule has 0 unspecified atom stereocenters. The van der Waals surface area contributed by atoms with Crippen LogP contribution < -0.4 is 0 Å². The second kappa shape index (κ2) is 7.19. The van der Waals surface area contributed by atoms with Crippen LogP contribution in [0, 0.1) is 5.82 Å². The third kappa shape index (κ3) is 3.95. The normalized spacial score (nSPS) is 15.7. The Morgan fingerprint density at radius 3 is 2.61 bits per heavy atom. The average molecular weight is 378 g/mol.